The van der Waals surface area contributed by atoms with Crippen molar-refractivity contribution < 1.29 is 4.79 Å². The normalized spacial score (nSPS) is 18.4. The zero-order valence-corrected chi connectivity index (χ0v) is 18.1. The first-order valence-corrected chi connectivity index (χ1v) is 10.4. The summed E-state index contributed by atoms with van der Waals surface area (Å²) in [4.78, 5) is 18.5. The number of rotatable bonds is 5. The number of aryl methyl sites for hydroxylation is 2. The van der Waals surface area contributed by atoms with Crippen LogP contribution in [0.1, 0.15) is 42.2 Å². The summed E-state index contributed by atoms with van der Waals surface area (Å²) >= 11 is 5.76. The molecule has 1 amide bonds. The lowest BCUT2D eigenvalue weighted by Crippen LogP contribution is -2.29. The summed E-state index contributed by atoms with van der Waals surface area (Å²) in [6, 6.07) is 14.0. The van der Waals surface area contributed by atoms with Gasteiger partial charge in [-0.15, -0.1) is 0 Å². The fourth-order valence-electron chi connectivity index (χ4n) is 3.85. The minimum absolute atomic E-state index is 0.00147. The number of nitrogens with zero attached hydrogens (tertiary/aromatic N) is 3. The molecule has 1 aliphatic heterocycles. The minimum Gasteiger partial charge on any atom is -0.357 e. The predicted octanol–water partition coefficient (Wildman–Crippen LogP) is 4.25. The van der Waals surface area contributed by atoms with Crippen LogP contribution in [0.3, 0.4) is 0 Å². The molecular weight excluding hydrogens is 394 g/mol. The average Bonchev–Trinajstić information content (AvgIpc) is 3.32. The third-order valence-corrected chi connectivity index (χ3v) is 5.69. The number of hydrogen-bond acceptors (Lipinski definition) is 3. The van der Waals surface area contributed by atoms with Gasteiger partial charge in [0.2, 0.25) is 5.91 Å². The van der Waals surface area contributed by atoms with Crippen molar-refractivity contribution in [2.24, 2.45) is 7.05 Å². The van der Waals surface area contributed by atoms with Crippen molar-refractivity contribution in [3.05, 3.63) is 77.9 Å². The summed E-state index contributed by atoms with van der Waals surface area (Å²) in [6.07, 6.45) is 6.41. The first-order chi connectivity index (χ1) is 14.5. The molecule has 6 nitrogen and oxygen atoms in total. The number of nitrogens with one attached hydrogen (secondary N) is 2. The lowest BCUT2D eigenvalue weighted by molar-refractivity contribution is -0.115. The fraction of sp³-hybridized carbons (Fsp3) is 0.261. The van der Waals surface area contributed by atoms with Crippen LogP contribution >= 0.6 is 12.2 Å². The molecule has 1 saturated heterocycles. The van der Waals surface area contributed by atoms with E-state index in [1.807, 2.05) is 62.0 Å². The minimum atomic E-state index is -0.0686. The van der Waals surface area contributed by atoms with E-state index >= 15 is 0 Å². The molecule has 0 unspecified atom stereocenters. The Morgan fingerprint density at radius 3 is 2.73 bits per heavy atom. The van der Waals surface area contributed by atoms with Gasteiger partial charge in [0.15, 0.2) is 5.11 Å². The number of hydrogen-bond donors (Lipinski definition) is 2. The van der Waals surface area contributed by atoms with Gasteiger partial charge in [0, 0.05) is 43.4 Å². The maximum atomic E-state index is 11.8. The maximum absolute atomic E-state index is 11.8. The molecule has 4 rings (SSSR count). The third-order valence-electron chi connectivity index (χ3n) is 5.38. The summed E-state index contributed by atoms with van der Waals surface area (Å²) in [7, 11) is 2.01. The zero-order valence-electron chi connectivity index (χ0n) is 17.3. The smallest absolute Gasteiger partial charge is 0.224 e. The number of thiocarbonyl (C=S) groups is 1. The van der Waals surface area contributed by atoms with Gasteiger partial charge in [-0.3, -0.25) is 9.78 Å². The molecule has 7 heteroatoms. The summed E-state index contributed by atoms with van der Waals surface area (Å²) in [5.74, 6) is 0.00147. The van der Waals surface area contributed by atoms with Crippen LogP contribution in [0.2, 0.25) is 0 Å². The number of aromatic nitrogens is 2. The van der Waals surface area contributed by atoms with E-state index in [4.69, 9.17) is 12.2 Å². The lowest BCUT2D eigenvalue weighted by atomic mass is 9.98. The molecule has 2 aromatic heterocycles. The van der Waals surface area contributed by atoms with Gasteiger partial charge >= 0.3 is 0 Å². The van der Waals surface area contributed by atoms with E-state index in [1.54, 1.807) is 6.20 Å². The van der Waals surface area contributed by atoms with Gasteiger partial charge in [-0.05, 0) is 66.7 Å². The second kappa shape index (κ2) is 8.28. The van der Waals surface area contributed by atoms with E-state index in [0.29, 0.717) is 11.5 Å². The van der Waals surface area contributed by atoms with Crippen LogP contribution in [0.25, 0.3) is 0 Å². The Bertz CT molecular complexity index is 1080. The average molecular weight is 420 g/mol. The molecule has 0 radical (unpaired) electrons. The number of amides is 1. The predicted molar refractivity (Wildman–Crippen MR) is 123 cm³/mol. The Hall–Kier alpha value is -3.19. The monoisotopic (exact) mass is 419 g/mol. The first kappa shape index (κ1) is 20.1. The van der Waals surface area contributed by atoms with Crippen molar-refractivity contribution >= 4 is 34.6 Å². The second-order valence-corrected chi connectivity index (χ2v) is 7.89. The molecule has 0 aliphatic carbocycles. The van der Waals surface area contributed by atoms with E-state index in [0.717, 1.165) is 28.2 Å². The van der Waals surface area contributed by atoms with Crippen LogP contribution in [0.4, 0.5) is 11.4 Å². The van der Waals surface area contributed by atoms with Crippen molar-refractivity contribution in [3.8, 4) is 0 Å². The van der Waals surface area contributed by atoms with Gasteiger partial charge < -0.3 is 20.1 Å². The highest BCUT2D eigenvalue weighted by Gasteiger charge is 2.41. The highest BCUT2D eigenvalue weighted by Crippen LogP contribution is 2.42. The Morgan fingerprint density at radius 1 is 1.27 bits per heavy atom. The van der Waals surface area contributed by atoms with Crippen molar-refractivity contribution in [3.63, 3.8) is 0 Å². The van der Waals surface area contributed by atoms with E-state index < -0.39 is 0 Å². The van der Waals surface area contributed by atoms with E-state index in [2.05, 4.69) is 38.8 Å². The number of carbonyl (C=O) groups is 1. The molecule has 3 heterocycles. The molecule has 2 N–H and O–H groups in total. The lowest BCUT2D eigenvalue weighted by Gasteiger charge is -2.28. The molecule has 0 spiro atoms. The number of pyridine rings is 1. The molecule has 1 aromatic carbocycles. The summed E-state index contributed by atoms with van der Waals surface area (Å²) in [5.41, 5.74) is 4.89. The summed E-state index contributed by atoms with van der Waals surface area (Å²) < 4.78 is 2.04. The van der Waals surface area contributed by atoms with Crippen LogP contribution < -0.4 is 15.5 Å². The van der Waals surface area contributed by atoms with Crippen LogP contribution in [0.15, 0.2) is 61.1 Å². The second-order valence-electron chi connectivity index (χ2n) is 7.51. The van der Waals surface area contributed by atoms with Gasteiger partial charge in [-0.25, -0.2) is 0 Å². The fourth-order valence-corrected chi connectivity index (χ4v) is 4.19. The molecule has 1 aliphatic rings. The standard InChI is InChI=1S/C23H25N5OS/c1-4-20(29)25-18-9-8-17(13-15(18)2)28-22(16-10-12-27(3)14-16)21(26-23(28)30)19-7-5-6-11-24-19/h5-14,21-22H,4H2,1-3H3,(H,25,29)(H,26,30)/t21-,22+/m0/s1. The SMILES string of the molecule is CCC(=O)Nc1ccc(N2C(=S)N[C@@H](c3ccccn3)[C@H]2c2ccn(C)c2)cc1C. The Labute approximate surface area is 181 Å². The molecule has 1 fully saturated rings. The summed E-state index contributed by atoms with van der Waals surface area (Å²) in [5, 5.41) is 7.08. The molecule has 3 aromatic rings. The van der Waals surface area contributed by atoms with Gasteiger partial charge in [0.05, 0.1) is 17.8 Å². The van der Waals surface area contributed by atoms with Crippen LogP contribution in [0, 0.1) is 6.92 Å². The topological polar surface area (TPSA) is 62.2 Å². The van der Waals surface area contributed by atoms with Crippen molar-refractivity contribution in [2.45, 2.75) is 32.4 Å². The van der Waals surface area contributed by atoms with E-state index in [-0.39, 0.29) is 18.0 Å². The van der Waals surface area contributed by atoms with Crippen LogP contribution in [0.5, 0.6) is 0 Å². The zero-order chi connectivity index (χ0) is 21.3. The van der Waals surface area contributed by atoms with Gasteiger partial charge in [0.25, 0.3) is 0 Å². The first-order valence-electron chi connectivity index (χ1n) is 10.0. The maximum Gasteiger partial charge on any atom is 0.224 e. The number of benzene rings is 1. The molecule has 0 saturated carbocycles. The molecular formula is C23H25N5OS. The van der Waals surface area contributed by atoms with Crippen molar-refractivity contribution in [1.82, 2.24) is 14.9 Å². The Kier molecular flexibility index (Phi) is 5.55. The van der Waals surface area contributed by atoms with Gasteiger partial charge in [-0.1, -0.05) is 13.0 Å². The van der Waals surface area contributed by atoms with Gasteiger partial charge in [0.1, 0.15) is 0 Å². The Morgan fingerprint density at radius 2 is 2.10 bits per heavy atom. The summed E-state index contributed by atoms with van der Waals surface area (Å²) in [6.45, 7) is 3.84. The molecule has 2 atom stereocenters. The number of anilines is 2. The molecule has 30 heavy (non-hydrogen) atoms. The van der Waals surface area contributed by atoms with Crippen molar-refractivity contribution in [1.29, 1.82) is 0 Å². The van der Waals surface area contributed by atoms with E-state index in [9.17, 15) is 4.79 Å². The quantitative estimate of drug-likeness (QED) is 0.605. The Balaban J connectivity index is 1.74. The highest BCUT2D eigenvalue weighted by atomic mass is 32.1. The highest BCUT2D eigenvalue weighted by molar-refractivity contribution is 7.80. The van der Waals surface area contributed by atoms with Crippen LogP contribution in [-0.4, -0.2) is 20.6 Å². The molecule has 154 valence electrons. The largest absolute Gasteiger partial charge is 0.357 e. The number of carbonyl (C=O) groups excluding carboxylic acids is 1. The van der Waals surface area contributed by atoms with Crippen molar-refractivity contribution in [2.75, 3.05) is 10.2 Å². The van der Waals surface area contributed by atoms with Crippen LogP contribution in [-0.2, 0) is 11.8 Å². The van der Waals surface area contributed by atoms with Gasteiger partial charge in [-0.2, -0.15) is 0 Å². The third kappa shape index (κ3) is 3.80. The van der Waals surface area contributed by atoms with E-state index in [1.165, 1.54) is 0 Å². The molecule has 0 bridgehead atoms.